The number of alkyl halides is 2. The van der Waals surface area contributed by atoms with Crippen LogP contribution in [0.1, 0.15) is 35.9 Å². The predicted molar refractivity (Wildman–Crippen MR) is 96.3 cm³/mol. The summed E-state index contributed by atoms with van der Waals surface area (Å²) in [6, 6.07) is 10.2. The van der Waals surface area contributed by atoms with Crippen molar-refractivity contribution < 1.29 is 4.79 Å². The van der Waals surface area contributed by atoms with Crippen LogP contribution in [-0.4, -0.2) is 20.0 Å². The Morgan fingerprint density at radius 1 is 1.29 bits per heavy atom. The summed E-state index contributed by atoms with van der Waals surface area (Å²) in [5.74, 6) is -0.109. The molecule has 0 aliphatic heterocycles. The second kappa shape index (κ2) is 6.08. The summed E-state index contributed by atoms with van der Waals surface area (Å²) in [5.41, 5.74) is 3.52. The van der Waals surface area contributed by atoms with E-state index in [2.05, 4.69) is 22.5 Å². The van der Waals surface area contributed by atoms with E-state index >= 15 is 0 Å². The van der Waals surface area contributed by atoms with Gasteiger partial charge in [-0.3, -0.25) is 9.48 Å². The van der Waals surface area contributed by atoms with Crippen LogP contribution in [0.4, 0.5) is 0 Å². The topological polar surface area (TPSA) is 46.9 Å². The van der Waals surface area contributed by atoms with Gasteiger partial charge in [0.25, 0.3) is 0 Å². The minimum Gasteiger partial charge on any atom is -0.351 e. The highest BCUT2D eigenvalue weighted by Gasteiger charge is 2.67. The Morgan fingerprint density at radius 2 is 1.92 bits per heavy atom. The van der Waals surface area contributed by atoms with Gasteiger partial charge in [0, 0.05) is 17.8 Å². The molecule has 0 saturated heterocycles. The zero-order chi connectivity index (χ0) is 17.5. The number of nitrogens with one attached hydrogen (secondary N) is 1. The first-order valence-corrected chi connectivity index (χ1v) is 8.73. The maximum atomic E-state index is 12.3. The Balaban J connectivity index is 1.70. The molecular weight excluding hydrogens is 345 g/mol. The molecule has 1 aromatic carbocycles. The van der Waals surface area contributed by atoms with E-state index in [1.165, 1.54) is 5.56 Å². The number of hydrogen-bond donors (Lipinski definition) is 1. The Labute approximate surface area is 152 Å². The minimum absolute atomic E-state index is 0.109. The van der Waals surface area contributed by atoms with E-state index in [0.717, 1.165) is 17.0 Å². The number of hydrogen-bond acceptors (Lipinski definition) is 2. The van der Waals surface area contributed by atoms with Crippen molar-refractivity contribution >= 4 is 29.1 Å². The largest absolute Gasteiger partial charge is 0.351 e. The van der Waals surface area contributed by atoms with Crippen LogP contribution in [0.15, 0.2) is 30.3 Å². The van der Waals surface area contributed by atoms with Gasteiger partial charge in [0.15, 0.2) is 0 Å². The number of benzene rings is 1. The van der Waals surface area contributed by atoms with Crippen LogP contribution in [0.3, 0.4) is 0 Å². The molecular formula is C18H21Cl2N3O. The van der Waals surface area contributed by atoms with E-state index in [0.29, 0.717) is 19.5 Å². The second-order valence-corrected chi connectivity index (χ2v) is 8.17. The summed E-state index contributed by atoms with van der Waals surface area (Å²) in [6.45, 7) is 6.93. The zero-order valence-corrected chi connectivity index (χ0v) is 15.6. The SMILES string of the molecule is Cc1nn(Cc2ccccc2)c(C)c1CNC(=O)C1(C)CC1(Cl)Cl. The molecule has 1 aromatic heterocycles. The average Bonchev–Trinajstić information content (AvgIpc) is 2.95. The van der Waals surface area contributed by atoms with Gasteiger partial charge in [-0.1, -0.05) is 30.3 Å². The summed E-state index contributed by atoms with van der Waals surface area (Å²) < 4.78 is 1.02. The smallest absolute Gasteiger partial charge is 0.229 e. The molecule has 1 fully saturated rings. The Hall–Kier alpha value is -1.52. The van der Waals surface area contributed by atoms with Gasteiger partial charge in [0.05, 0.1) is 17.7 Å². The van der Waals surface area contributed by atoms with Crippen LogP contribution < -0.4 is 5.32 Å². The molecule has 24 heavy (non-hydrogen) atoms. The lowest BCUT2D eigenvalue weighted by molar-refractivity contribution is -0.125. The van der Waals surface area contributed by atoms with Crippen LogP contribution in [0.2, 0.25) is 0 Å². The highest BCUT2D eigenvalue weighted by Crippen LogP contribution is 2.63. The molecule has 1 N–H and O–H groups in total. The Kier molecular flexibility index (Phi) is 4.39. The van der Waals surface area contributed by atoms with Gasteiger partial charge in [-0.25, -0.2) is 0 Å². The van der Waals surface area contributed by atoms with Gasteiger partial charge in [-0.15, -0.1) is 23.2 Å². The van der Waals surface area contributed by atoms with Gasteiger partial charge in [0.1, 0.15) is 4.33 Å². The standard InChI is InChI=1S/C18H21Cl2N3O/c1-12-15(9-21-16(24)17(3)11-18(17,19)20)13(2)23(22-12)10-14-7-5-4-6-8-14/h4-8H,9-11H2,1-3H3,(H,21,24). The average molecular weight is 366 g/mol. The van der Waals surface area contributed by atoms with Gasteiger partial charge >= 0.3 is 0 Å². The number of carbonyl (C=O) groups excluding carboxylic acids is 1. The molecule has 0 spiro atoms. The van der Waals surface area contributed by atoms with Crippen LogP contribution in [0.25, 0.3) is 0 Å². The number of nitrogens with zero attached hydrogens (tertiary/aromatic N) is 2. The van der Waals surface area contributed by atoms with Gasteiger partial charge in [-0.05, 0) is 32.8 Å². The van der Waals surface area contributed by atoms with Gasteiger partial charge < -0.3 is 5.32 Å². The molecule has 1 heterocycles. The fourth-order valence-electron chi connectivity index (χ4n) is 2.91. The Bertz CT molecular complexity index is 770. The highest BCUT2D eigenvalue weighted by atomic mass is 35.5. The molecule has 1 unspecified atom stereocenters. The van der Waals surface area contributed by atoms with Crippen molar-refractivity contribution in [1.82, 2.24) is 15.1 Å². The number of amides is 1. The molecule has 1 aliphatic rings. The summed E-state index contributed by atoms with van der Waals surface area (Å²) in [4.78, 5) is 12.3. The van der Waals surface area contributed by atoms with E-state index < -0.39 is 9.75 Å². The molecule has 0 bridgehead atoms. The number of rotatable bonds is 5. The van der Waals surface area contributed by atoms with Crippen molar-refractivity contribution in [3.8, 4) is 0 Å². The first kappa shape index (κ1) is 17.3. The maximum Gasteiger partial charge on any atom is 0.229 e. The third-order valence-electron chi connectivity index (χ3n) is 4.89. The van der Waals surface area contributed by atoms with Crippen molar-refractivity contribution in [1.29, 1.82) is 0 Å². The lowest BCUT2D eigenvalue weighted by Crippen LogP contribution is -2.33. The van der Waals surface area contributed by atoms with E-state index in [1.54, 1.807) is 6.92 Å². The molecule has 1 amide bonds. The maximum absolute atomic E-state index is 12.3. The first-order chi connectivity index (χ1) is 11.2. The molecule has 4 nitrogen and oxygen atoms in total. The fourth-order valence-corrected chi connectivity index (χ4v) is 3.62. The van der Waals surface area contributed by atoms with E-state index in [1.807, 2.05) is 36.7 Å². The summed E-state index contributed by atoms with van der Waals surface area (Å²) in [7, 11) is 0. The summed E-state index contributed by atoms with van der Waals surface area (Å²) >= 11 is 12.1. The molecule has 6 heteroatoms. The second-order valence-electron chi connectivity index (χ2n) is 6.69. The predicted octanol–water partition coefficient (Wildman–Crippen LogP) is 3.75. The Morgan fingerprint density at radius 3 is 2.50 bits per heavy atom. The van der Waals surface area contributed by atoms with Crippen LogP contribution in [0, 0.1) is 19.3 Å². The monoisotopic (exact) mass is 365 g/mol. The molecule has 0 radical (unpaired) electrons. The van der Waals surface area contributed by atoms with Crippen molar-refractivity contribution in [2.24, 2.45) is 5.41 Å². The lowest BCUT2D eigenvalue weighted by atomic mass is 10.1. The van der Waals surface area contributed by atoms with Gasteiger partial charge in [-0.2, -0.15) is 5.10 Å². The molecule has 1 atom stereocenters. The van der Waals surface area contributed by atoms with Gasteiger partial charge in [0.2, 0.25) is 5.91 Å². The fraction of sp³-hybridized carbons (Fsp3) is 0.444. The van der Waals surface area contributed by atoms with Crippen LogP contribution in [0.5, 0.6) is 0 Å². The lowest BCUT2D eigenvalue weighted by Gasteiger charge is -2.13. The van der Waals surface area contributed by atoms with E-state index in [-0.39, 0.29) is 5.91 Å². The number of carbonyl (C=O) groups is 1. The quantitative estimate of drug-likeness (QED) is 0.820. The molecule has 3 rings (SSSR count). The van der Waals surface area contributed by atoms with Crippen molar-refractivity contribution in [3.05, 3.63) is 52.8 Å². The van der Waals surface area contributed by atoms with Crippen molar-refractivity contribution in [2.45, 2.75) is 44.6 Å². The van der Waals surface area contributed by atoms with Crippen LogP contribution in [-0.2, 0) is 17.9 Å². The normalized spacial score (nSPS) is 21.5. The third kappa shape index (κ3) is 3.05. The number of halogens is 2. The zero-order valence-electron chi connectivity index (χ0n) is 14.1. The third-order valence-corrected chi connectivity index (χ3v) is 5.99. The van der Waals surface area contributed by atoms with Crippen LogP contribution >= 0.6 is 23.2 Å². The van der Waals surface area contributed by atoms with E-state index in [9.17, 15) is 4.79 Å². The number of aryl methyl sites for hydroxylation is 1. The number of aromatic nitrogens is 2. The summed E-state index contributed by atoms with van der Waals surface area (Å²) in [6.07, 6.45) is 0.486. The minimum atomic E-state index is -0.946. The van der Waals surface area contributed by atoms with Crippen molar-refractivity contribution in [3.63, 3.8) is 0 Å². The molecule has 1 aliphatic carbocycles. The molecule has 128 valence electrons. The molecule has 2 aromatic rings. The summed E-state index contributed by atoms with van der Waals surface area (Å²) in [5, 5.41) is 7.56. The van der Waals surface area contributed by atoms with Crippen molar-refractivity contribution in [2.75, 3.05) is 0 Å². The molecule has 1 saturated carbocycles. The van der Waals surface area contributed by atoms with E-state index in [4.69, 9.17) is 23.2 Å². The highest BCUT2D eigenvalue weighted by molar-refractivity contribution is 6.53. The first-order valence-electron chi connectivity index (χ1n) is 7.97.